The van der Waals surface area contributed by atoms with Crippen LogP contribution in [0.5, 0.6) is 5.75 Å². The summed E-state index contributed by atoms with van der Waals surface area (Å²) in [5, 5.41) is 27.8. The largest absolute Gasteiger partial charge is 0.422 e. The Hall–Kier alpha value is -3.46. The van der Waals surface area contributed by atoms with Crippen LogP contribution in [0.15, 0.2) is 38.1 Å². The normalized spacial score (nSPS) is 11.7. The number of esters is 1. The fourth-order valence-corrected chi connectivity index (χ4v) is 4.11. The molecule has 2 aromatic rings. The minimum atomic E-state index is -1.20. The van der Waals surface area contributed by atoms with Crippen LogP contribution in [0.1, 0.15) is 11.4 Å². The second-order valence-corrected chi connectivity index (χ2v) is 6.96. The average molecular weight is 399 g/mol. The van der Waals surface area contributed by atoms with Crippen LogP contribution in [0, 0.1) is 45.6 Å². The average Bonchev–Trinajstić information content (AvgIpc) is 3.06. The predicted octanol–water partition coefficient (Wildman–Crippen LogP) is 3.04. The van der Waals surface area contributed by atoms with Crippen LogP contribution in [0.3, 0.4) is 0 Å². The van der Waals surface area contributed by atoms with Crippen molar-refractivity contribution in [1.29, 1.82) is 15.8 Å². The number of thioether (sulfide) groups is 2. The zero-order valence-corrected chi connectivity index (χ0v) is 14.5. The minimum absolute atomic E-state index is 0.173. The lowest BCUT2D eigenvalue weighted by Gasteiger charge is -2.05. The molecule has 1 aliphatic rings. The Balaban J connectivity index is 1.90. The molecule has 0 spiro atoms. The maximum Gasteiger partial charge on any atom is 0.356 e. The molecule has 2 heterocycles. The number of hydrogen-bond acceptors (Lipinski definition) is 9. The summed E-state index contributed by atoms with van der Waals surface area (Å²) in [6.07, 6.45) is 0. The molecule has 1 aromatic heterocycles. The third-order valence-electron chi connectivity index (χ3n) is 3.05. The number of halogens is 2. The molecule has 0 N–H and O–H groups in total. The van der Waals surface area contributed by atoms with Crippen molar-refractivity contribution in [3.8, 4) is 24.0 Å². The van der Waals surface area contributed by atoms with Gasteiger partial charge in [-0.1, -0.05) is 23.5 Å². The molecule has 0 fully saturated rings. The van der Waals surface area contributed by atoms with Gasteiger partial charge >= 0.3 is 5.97 Å². The number of benzene rings is 1. The smallest absolute Gasteiger partial charge is 0.356 e. The summed E-state index contributed by atoms with van der Waals surface area (Å²) in [6.45, 7) is 0. The second kappa shape index (κ2) is 7.42. The van der Waals surface area contributed by atoms with E-state index in [1.54, 1.807) is 18.2 Å². The van der Waals surface area contributed by atoms with Crippen LogP contribution in [0.2, 0.25) is 0 Å². The molecule has 130 valence electrons. The highest BCUT2D eigenvalue weighted by molar-refractivity contribution is 8.24. The van der Waals surface area contributed by atoms with Crippen molar-refractivity contribution in [3.05, 3.63) is 51.0 Å². The first-order valence-electron chi connectivity index (χ1n) is 6.86. The van der Waals surface area contributed by atoms with Crippen LogP contribution in [0.25, 0.3) is 0 Å². The van der Waals surface area contributed by atoms with E-state index in [9.17, 15) is 18.8 Å². The number of hydrogen-bond donors (Lipinski definition) is 0. The van der Waals surface area contributed by atoms with Crippen LogP contribution in [-0.2, 0) is 4.79 Å². The zero-order chi connectivity index (χ0) is 19.6. The molecule has 0 unspecified atom stereocenters. The van der Waals surface area contributed by atoms with Gasteiger partial charge in [-0.05, 0) is 12.1 Å². The van der Waals surface area contributed by atoms with E-state index in [2.05, 4.69) is 9.97 Å². The van der Waals surface area contributed by atoms with Gasteiger partial charge in [0.15, 0.2) is 28.6 Å². The molecule has 27 heavy (non-hydrogen) atoms. The second-order valence-electron chi connectivity index (χ2n) is 4.70. The Labute approximate surface area is 158 Å². The van der Waals surface area contributed by atoms with Gasteiger partial charge in [-0.25, -0.2) is 23.5 Å². The first-order chi connectivity index (χ1) is 13.0. The molecule has 0 saturated carbocycles. The number of ether oxygens (including phenoxy) is 1. The van der Waals surface area contributed by atoms with Crippen LogP contribution >= 0.6 is 23.5 Å². The van der Waals surface area contributed by atoms with Gasteiger partial charge in [0.05, 0.1) is 4.24 Å². The Kier molecular flexibility index (Phi) is 5.04. The Morgan fingerprint density at radius 3 is 2.07 bits per heavy atom. The van der Waals surface area contributed by atoms with E-state index in [1.165, 1.54) is 0 Å². The fourth-order valence-electron chi connectivity index (χ4n) is 1.87. The van der Waals surface area contributed by atoms with Gasteiger partial charge < -0.3 is 4.74 Å². The lowest BCUT2D eigenvalue weighted by Crippen LogP contribution is -2.11. The minimum Gasteiger partial charge on any atom is -0.422 e. The van der Waals surface area contributed by atoms with Gasteiger partial charge in [-0.15, -0.1) is 0 Å². The molecule has 0 amide bonds. The SMILES string of the molecule is N#CC(C(=O)Oc1ccc(F)c(F)c1)=C1Sc2nc(C#N)c(C#N)nc2S1. The van der Waals surface area contributed by atoms with Crippen molar-refractivity contribution >= 4 is 29.5 Å². The molecule has 1 aromatic carbocycles. The number of rotatable bonds is 2. The number of carbonyl (C=O) groups excluding carboxylic acids is 1. The molecule has 0 bridgehead atoms. The van der Waals surface area contributed by atoms with E-state index in [1.807, 2.05) is 0 Å². The van der Waals surface area contributed by atoms with Gasteiger partial charge in [0.2, 0.25) is 0 Å². The molecule has 1 aliphatic heterocycles. The Bertz CT molecular complexity index is 1100. The van der Waals surface area contributed by atoms with Crippen molar-refractivity contribution in [2.24, 2.45) is 0 Å². The lowest BCUT2D eigenvalue weighted by molar-refractivity contribution is -0.129. The van der Waals surface area contributed by atoms with Crippen LogP contribution in [0.4, 0.5) is 8.78 Å². The molecular weight excluding hydrogens is 396 g/mol. The van der Waals surface area contributed by atoms with E-state index in [0.717, 1.165) is 35.7 Å². The number of carbonyl (C=O) groups is 1. The first kappa shape index (κ1) is 18.3. The van der Waals surface area contributed by atoms with Gasteiger partial charge in [0.25, 0.3) is 0 Å². The van der Waals surface area contributed by atoms with Crippen molar-refractivity contribution in [2.75, 3.05) is 0 Å². The highest BCUT2D eigenvalue weighted by Gasteiger charge is 2.29. The van der Waals surface area contributed by atoms with Crippen molar-refractivity contribution in [2.45, 2.75) is 10.1 Å². The topological polar surface area (TPSA) is 123 Å². The van der Waals surface area contributed by atoms with Gasteiger partial charge in [0, 0.05) is 6.07 Å². The maximum absolute atomic E-state index is 13.2. The number of fused-ring (bicyclic) bond motifs is 1. The fraction of sp³-hybridized carbons (Fsp3) is 0. The molecule has 0 radical (unpaired) electrons. The quantitative estimate of drug-likeness (QED) is 0.324. The third kappa shape index (κ3) is 3.58. The van der Waals surface area contributed by atoms with Crippen molar-refractivity contribution in [3.63, 3.8) is 0 Å². The lowest BCUT2D eigenvalue weighted by atomic mass is 10.3. The Morgan fingerprint density at radius 2 is 1.59 bits per heavy atom. The van der Waals surface area contributed by atoms with Gasteiger partial charge in [0.1, 0.15) is 34.0 Å². The molecule has 0 atom stereocenters. The standard InChI is InChI=1S/C16H3F2N5O2S2/c17-9-2-1-7(3-10(9)18)25-15(24)8(4-19)16-26-13-14(27-16)23-12(6-21)11(5-20)22-13/h1-3H. The van der Waals surface area contributed by atoms with Crippen molar-refractivity contribution in [1.82, 2.24) is 9.97 Å². The summed E-state index contributed by atoms with van der Waals surface area (Å²) in [4.78, 5) is 20.2. The van der Waals surface area contributed by atoms with Crippen LogP contribution in [-0.4, -0.2) is 15.9 Å². The summed E-state index contributed by atoms with van der Waals surface area (Å²) in [5.41, 5.74) is -0.742. The van der Waals surface area contributed by atoms with E-state index >= 15 is 0 Å². The first-order valence-corrected chi connectivity index (χ1v) is 8.49. The molecule has 7 nitrogen and oxygen atoms in total. The van der Waals surface area contributed by atoms with E-state index < -0.39 is 23.2 Å². The number of aromatic nitrogens is 2. The summed E-state index contributed by atoms with van der Waals surface area (Å²) >= 11 is 1.83. The highest BCUT2D eigenvalue weighted by Crippen LogP contribution is 2.50. The third-order valence-corrected chi connectivity index (χ3v) is 5.41. The molecule has 0 aliphatic carbocycles. The molecule has 11 heteroatoms. The summed E-state index contributed by atoms with van der Waals surface area (Å²) in [6, 6.07) is 7.68. The molecule has 3 rings (SSSR count). The Morgan fingerprint density at radius 1 is 1.00 bits per heavy atom. The highest BCUT2D eigenvalue weighted by atomic mass is 32.2. The summed E-state index contributed by atoms with van der Waals surface area (Å²) in [5.74, 6) is -3.66. The van der Waals surface area contributed by atoms with E-state index in [0.29, 0.717) is 6.07 Å². The van der Waals surface area contributed by atoms with Gasteiger partial charge in [-0.3, -0.25) is 0 Å². The maximum atomic E-state index is 13.2. The monoisotopic (exact) mass is 399 g/mol. The summed E-state index contributed by atoms with van der Waals surface area (Å²) in [7, 11) is 0. The zero-order valence-electron chi connectivity index (χ0n) is 12.9. The van der Waals surface area contributed by atoms with E-state index in [-0.39, 0.29) is 31.4 Å². The number of nitrogens with zero attached hydrogens (tertiary/aromatic N) is 5. The molecule has 0 saturated heterocycles. The van der Waals surface area contributed by atoms with E-state index in [4.69, 9.17) is 15.3 Å². The predicted molar refractivity (Wildman–Crippen MR) is 87.8 cm³/mol. The summed E-state index contributed by atoms with van der Waals surface area (Å²) < 4.78 is 31.2. The van der Waals surface area contributed by atoms with Gasteiger partial charge in [-0.2, -0.15) is 15.8 Å². The number of nitriles is 3. The molecular formula is C16H3F2N5O2S2. The van der Waals surface area contributed by atoms with Crippen molar-refractivity contribution < 1.29 is 18.3 Å². The van der Waals surface area contributed by atoms with Crippen LogP contribution < -0.4 is 4.74 Å².